The van der Waals surface area contributed by atoms with Crippen molar-refractivity contribution in [3.05, 3.63) is 41.7 Å². The Morgan fingerprint density at radius 2 is 2.00 bits per heavy atom. The van der Waals surface area contributed by atoms with Crippen molar-refractivity contribution in [2.24, 2.45) is 0 Å². The Kier molecular flexibility index (Phi) is 3.40. The molecule has 0 unspecified atom stereocenters. The SMILES string of the molecule is CN(C)C(=O)C=Cc1ccccc1F. The fourth-order valence-electron chi connectivity index (χ4n) is 0.920. The van der Waals surface area contributed by atoms with E-state index in [0.29, 0.717) is 5.56 Å². The topological polar surface area (TPSA) is 20.3 Å². The van der Waals surface area contributed by atoms with E-state index in [1.54, 1.807) is 32.3 Å². The van der Waals surface area contributed by atoms with E-state index in [9.17, 15) is 9.18 Å². The van der Waals surface area contributed by atoms with E-state index in [1.807, 2.05) is 0 Å². The lowest BCUT2D eigenvalue weighted by Gasteiger charge is -2.05. The standard InChI is InChI=1S/C11H12FNO/c1-13(2)11(14)8-7-9-5-3-4-6-10(9)12/h3-8H,1-2H3. The van der Waals surface area contributed by atoms with Gasteiger partial charge in [-0.05, 0) is 12.1 Å². The van der Waals surface area contributed by atoms with Crippen LogP contribution in [0.15, 0.2) is 30.3 Å². The summed E-state index contributed by atoms with van der Waals surface area (Å²) in [6, 6.07) is 6.32. The van der Waals surface area contributed by atoms with Crippen LogP contribution in [0.25, 0.3) is 6.08 Å². The number of hydrogen-bond donors (Lipinski definition) is 0. The normalized spacial score (nSPS) is 10.5. The zero-order valence-electron chi connectivity index (χ0n) is 8.20. The monoisotopic (exact) mass is 193 g/mol. The van der Waals surface area contributed by atoms with Crippen molar-refractivity contribution in [3.63, 3.8) is 0 Å². The summed E-state index contributed by atoms with van der Waals surface area (Å²) in [7, 11) is 3.29. The van der Waals surface area contributed by atoms with Crippen LogP contribution < -0.4 is 0 Å². The van der Waals surface area contributed by atoms with Crippen molar-refractivity contribution in [2.75, 3.05) is 14.1 Å². The van der Waals surface area contributed by atoms with Crippen LogP contribution in [-0.2, 0) is 4.79 Å². The molecule has 0 aliphatic rings. The Bertz CT molecular complexity index is 358. The lowest BCUT2D eigenvalue weighted by Crippen LogP contribution is -2.18. The second-order valence-electron chi connectivity index (χ2n) is 3.09. The van der Waals surface area contributed by atoms with Gasteiger partial charge < -0.3 is 4.90 Å². The molecule has 2 nitrogen and oxygen atoms in total. The molecular weight excluding hydrogens is 181 g/mol. The molecule has 0 atom stereocenters. The predicted octanol–water partition coefficient (Wildman–Crippen LogP) is 1.93. The molecular formula is C11H12FNO. The van der Waals surface area contributed by atoms with E-state index in [-0.39, 0.29) is 11.7 Å². The summed E-state index contributed by atoms with van der Waals surface area (Å²) in [5.74, 6) is -0.483. The van der Waals surface area contributed by atoms with Crippen LogP contribution in [0, 0.1) is 5.82 Å². The van der Waals surface area contributed by atoms with E-state index >= 15 is 0 Å². The Labute approximate surface area is 82.7 Å². The Balaban J connectivity index is 2.79. The first-order chi connectivity index (χ1) is 6.61. The van der Waals surface area contributed by atoms with Crippen LogP contribution in [0.4, 0.5) is 4.39 Å². The highest BCUT2D eigenvalue weighted by Crippen LogP contribution is 2.07. The number of likely N-dealkylation sites (N-methyl/N-ethyl adjacent to an activating group) is 1. The van der Waals surface area contributed by atoms with Crippen LogP contribution in [-0.4, -0.2) is 24.9 Å². The van der Waals surface area contributed by atoms with E-state index < -0.39 is 0 Å². The minimum atomic E-state index is -0.324. The van der Waals surface area contributed by atoms with Gasteiger partial charge in [0, 0.05) is 25.7 Å². The largest absolute Gasteiger partial charge is 0.345 e. The third kappa shape index (κ3) is 2.69. The van der Waals surface area contributed by atoms with Crippen LogP contribution in [0.3, 0.4) is 0 Å². The maximum atomic E-state index is 13.1. The van der Waals surface area contributed by atoms with Gasteiger partial charge in [-0.2, -0.15) is 0 Å². The Hall–Kier alpha value is -1.64. The van der Waals surface area contributed by atoms with Gasteiger partial charge in [0.25, 0.3) is 0 Å². The molecule has 1 amide bonds. The van der Waals surface area contributed by atoms with Gasteiger partial charge in [0.1, 0.15) is 5.82 Å². The summed E-state index contributed by atoms with van der Waals surface area (Å²) in [5, 5.41) is 0. The van der Waals surface area contributed by atoms with Gasteiger partial charge in [0.2, 0.25) is 5.91 Å². The van der Waals surface area contributed by atoms with Crippen LogP contribution in [0.5, 0.6) is 0 Å². The lowest BCUT2D eigenvalue weighted by molar-refractivity contribution is -0.123. The molecule has 14 heavy (non-hydrogen) atoms. The van der Waals surface area contributed by atoms with Crippen molar-refractivity contribution in [2.45, 2.75) is 0 Å². The summed E-state index contributed by atoms with van der Waals surface area (Å²) < 4.78 is 13.1. The highest BCUT2D eigenvalue weighted by Gasteiger charge is 1.99. The van der Waals surface area contributed by atoms with E-state index in [2.05, 4.69) is 0 Å². The van der Waals surface area contributed by atoms with Crippen molar-refractivity contribution >= 4 is 12.0 Å². The molecule has 0 saturated carbocycles. The fraction of sp³-hybridized carbons (Fsp3) is 0.182. The number of hydrogen-bond acceptors (Lipinski definition) is 1. The van der Waals surface area contributed by atoms with Gasteiger partial charge in [-0.1, -0.05) is 18.2 Å². The molecule has 0 aromatic heterocycles. The molecule has 0 heterocycles. The van der Waals surface area contributed by atoms with Crippen LogP contribution in [0.2, 0.25) is 0 Å². The highest BCUT2D eigenvalue weighted by atomic mass is 19.1. The van der Waals surface area contributed by atoms with Gasteiger partial charge in [0.05, 0.1) is 0 Å². The average Bonchev–Trinajstić information content (AvgIpc) is 2.16. The third-order valence-corrected chi connectivity index (χ3v) is 1.75. The summed E-state index contributed by atoms with van der Waals surface area (Å²) >= 11 is 0. The third-order valence-electron chi connectivity index (χ3n) is 1.75. The summed E-state index contributed by atoms with van der Waals surface area (Å²) in [6.45, 7) is 0. The molecule has 0 saturated heterocycles. The van der Waals surface area contributed by atoms with Gasteiger partial charge in [-0.3, -0.25) is 4.79 Å². The maximum absolute atomic E-state index is 13.1. The molecule has 0 N–H and O–H groups in total. The van der Waals surface area contributed by atoms with Gasteiger partial charge in [-0.25, -0.2) is 4.39 Å². The number of nitrogens with zero attached hydrogens (tertiary/aromatic N) is 1. The van der Waals surface area contributed by atoms with Crippen LogP contribution >= 0.6 is 0 Å². The molecule has 0 aliphatic carbocycles. The van der Waals surface area contributed by atoms with Gasteiger partial charge in [-0.15, -0.1) is 0 Å². The number of rotatable bonds is 2. The number of benzene rings is 1. The first-order valence-corrected chi connectivity index (χ1v) is 4.25. The molecule has 0 spiro atoms. The van der Waals surface area contributed by atoms with Crippen molar-refractivity contribution < 1.29 is 9.18 Å². The minimum absolute atomic E-state index is 0.159. The second-order valence-corrected chi connectivity index (χ2v) is 3.09. The number of amides is 1. The predicted molar refractivity (Wildman–Crippen MR) is 54.1 cm³/mol. The molecule has 3 heteroatoms. The first-order valence-electron chi connectivity index (χ1n) is 4.25. The molecule has 1 aromatic rings. The van der Waals surface area contributed by atoms with Crippen molar-refractivity contribution in [3.8, 4) is 0 Å². The lowest BCUT2D eigenvalue weighted by atomic mass is 10.2. The van der Waals surface area contributed by atoms with Crippen LogP contribution in [0.1, 0.15) is 5.56 Å². The minimum Gasteiger partial charge on any atom is -0.345 e. The zero-order valence-corrected chi connectivity index (χ0v) is 8.20. The second kappa shape index (κ2) is 4.56. The quantitative estimate of drug-likeness (QED) is 0.657. The number of carbonyl (C=O) groups excluding carboxylic acids is 1. The van der Waals surface area contributed by atoms with Crippen molar-refractivity contribution in [1.29, 1.82) is 0 Å². The number of halogens is 1. The first kappa shape index (κ1) is 10.4. The average molecular weight is 193 g/mol. The Morgan fingerprint density at radius 1 is 1.36 bits per heavy atom. The molecule has 1 rings (SSSR count). The molecule has 74 valence electrons. The van der Waals surface area contributed by atoms with E-state index in [4.69, 9.17) is 0 Å². The summed E-state index contributed by atoms with van der Waals surface area (Å²) in [6.07, 6.45) is 2.82. The maximum Gasteiger partial charge on any atom is 0.246 e. The summed E-state index contributed by atoms with van der Waals surface area (Å²) in [4.78, 5) is 12.6. The van der Waals surface area contributed by atoms with E-state index in [0.717, 1.165) is 0 Å². The van der Waals surface area contributed by atoms with E-state index in [1.165, 1.54) is 23.1 Å². The molecule has 0 aliphatic heterocycles. The fourth-order valence-corrected chi connectivity index (χ4v) is 0.920. The molecule has 0 fully saturated rings. The zero-order chi connectivity index (χ0) is 10.6. The molecule has 1 aromatic carbocycles. The molecule has 0 bridgehead atoms. The van der Waals surface area contributed by atoms with Crippen molar-refractivity contribution in [1.82, 2.24) is 4.90 Å². The number of carbonyl (C=O) groups is 1. The van der Waals surface area contributed by atoms with Gasteiger partial charge >= 0.3 is 0 Å². The van der Waals surface area contributed by atoms with Gasteiger partial charge in [0.15, 0.2) is 0 Å². The molecule has 0 radical (unpaired) electrons. The highest BCUT2D eigenvalue weighted by molar-refractivity contribution is 5.91. The smallest absolute Gasteiger partial charge is 0.246 e. The Morgan fingerprint density at radius 3 is 2.57 bits per heavy atom. The summed E-state index contributed by atoms with van der Waals surface area (Å²) in [5.41, 5.74) is 0.419.